The molecule has 94 valence electrons. The van der Waals surface area contributed by atoms with Gasteiger partial charge in [0.15, 0.2) is 6.10 Å². The van der Waals surface area contributed by atoms with E-state index in [2.05, 4.69) is 0 Å². The van der Waals surface area contributed by atoms with Crippen molar-refractivity contribution in [2.75, 3.05) is 0 Å². The van der Waals surface area contributed by atoms with Gasteiger partial charge >= 0.3 is 5.97 Å². The Morgan fingerprint density at radius 2 is 1.72 bits per heavy atom. The molecule has 0 radical (unpaired) electrons. The molecule has 2 aromatic carbocycles. The number of hydrogen-bond donors (Lipinski definition) is 4. The van der Waals surface area contributed by atoms with Gasteiger partial charge in [-0.15, -0.1) is 0 Å². The number of phenolic OH excluding ortho intramolecular Hbond substituents is 1. The molecule has 0 aliphatic carbocycles. The molecule has 0 fully saturated rings. The zero-order valence-corrected chi connectivity index (χ0v) is 9.32. The second-order valence-electron chi connectivity index (χ2n) is 3.95. The van der Waals surface area contributed by atoms with Gasteiger partial charge in [-0.3, -0.25) is 0 Å². The summed E-state index contributed by atoms with van der Waals surface area (Å²) in [5, 5.41) is 38.9. The van der Waals surface area contributed by atoms with Gasteiger partial charge in [0.2, 0.25) is 0 Å². The van der Waals surface area contributed by atoms with E-state index < -0.39 is 18.2 Å². The third kappa shape index (κ3) is 2.01. The Balaban J connectivity index is 2.62. The van der Waals surface area contributed by atoms with Crippen LogP contribution in [-0.4, -0.2) is 32.5 Å². The van der Waals surface area contributed by atoms with Crippen LogP contribution in [0.15, 0.2) is 36.4 Å². The Labute approximate surface area is 103 Å². The average molecular weight is 248 g/mol. The number of benzene rings is 2. The van der Waals surface area contributed by atoms with E-state index in [0.717, 1.165) is 5.39 Å². The van der Waals surface area contributed by atoms with Crippen molar-refractivity contribution < 1.29 is 25.2 Å². The predicted octanol–water partition coefficient (Wildman–Crippen LogP) is 1.02. The van der Waals surface area contributed by atoms with Crippen LogP contribution < -0.4 is 0 Å². The second kappa shape index (κ2) is 4.64. The number of aliphatic hydroxyl groups is 2. The van der Waals surface area contributed by atoms with Gasteiger partial charge in [0.05, 0.1) is 0 Å². The summed E-state index contributed by atoms with van der Waals surface area (Å²) >= 11 is 0. The summed E-state index contributed by atoms with van der Waals surface area (Å²) in [6, 6.07) is 9.89. The summed E-state index contributed by atoms with van der Waals surface area (Å²) in [5.74, 6) is -1.80. The fourth-order valence-corrected chi connectivity index (χ4v) is 1.89. The zero-order valence-electron chi connectivity index (χ0n) is 9.32. The molecule has 5 heteroatoms. The lowest BCUT2D eigenvalue weighted by atomic mass is 9.96. The normalized spacial score (nSPS) is 14.3. The van der Waals surface area contributed by atoms with Gasteiger partial charge < -0.3 is 20.4 Å². The van der Waals surface area contributed by atoms with Crippen molar-refractivity contribution in [3.63, 3.8) is 0 Å². The number of rotatable bonds is 3. The molecule has 5 nitrogen and oxygen atoms in total. The summed E-state index contributed by atoms with van der Waals surface area (Å²) in [7, 11) is 0. The molecule has 0 bridgehead atoms. The van der Waals surface area contributed by atoms with Crippen molar-refractivity contribution in [3.8, 4) is 5.75 Å². The smallest absolute Gasteiger partial charge is 0.335 e. The summed E-state index contributed by atoms with van der Waals surface area (Å²) in [4.78, 5) is 10.7. The van der Waals surface area contributed by atoms with Crippen LogP contribution in [0.5, 0.6) is 5.75 Å². The highest BCUT2D eigenvalue weighted by atomic mass is 16.4. The van der Waals surface area contributed by atoms with Crippen molar-refractivity contribution in [3.05, 3.63) is 42.0 Å². The number of carboxylic acid groups (broad SMARTS) is 1. The third-order valence-corrected chi connectivity index (χ3v) is 2.80. The minimum absolute atomic E-state index is 0.0167. The molecule has 2 rings (SSSR count). The molecule has 2 unspecified atom stereocenters. The van der Waals surface area contributed by atoms with Crippen LogP contribution in [0.4, 0.5) is 0 Å². The van der Waals surface area contributed by atoms with Crippen molar-refractivity contribution in [2.45, 2.75) is 12.2 Å². The van der Waals surface area contributed by atoms with Gasteiger partial charge in [-0.2, -0.15) is 0 Å². The number of aromatic hydroxyl groups is 1. The van der Waals surface area contributed by atoms with Crippen molar-refractivity contribution in [2.24, 2.45) is 0 Å². The van der Waals surface area contributed by atoms with E-state index in [0.29, 0.717) is 5.39 Å². The molecular weight excluding hydrogens is 236 g/mol. The van der Waals surface area contributed by atoms with E-state index in [-0.39, 0.29) is 11.3 Å². The fourth-order valence-electron chi connectivity index (χ4n) is 1.89. The highest BCUT2D eigenvalue weighted by Crippen LogP contribution is 2.33. The first kappa shape index (κ1) is 12.3. The first-order valence-corrected chi connectivity index (χ1v) is 5.32. The van der Waals surface area contributed by atoms with Gasteiger partial charge in [-0.05, 0) is 16.8 Å². The first-order chi connectivity index (χ1) is 8.52. The van der Waals surface area contributed by atoms with Gasteiger partial charge in [0.1, 0.15) is 11.9 Å². The molecule has 0 saturated heterocycles. The summed E-state index contributed by atoms with van der Waals surface area (Å²) < 4.78 is 0. The van der Waals surface area contributed by atoms with Crippen LogP contribution in [0.2, 0.25) is 0 Å². The molecule has 0 heterocycles. The van der Waals surface area contributed by atoms with E-state index in [4.69, 9.17) is 5.11 Å². The van der Waals surface area contributed by atoms with Crippen molar-refractivity contribution >= 4 is 16.7 Å². The van der Waals surface area contributed by atoms with Crippen LogP contribution in [0.1, 0.15) is 11.7 Å². The minimum atomic E-state index is -1.98. The maximum atomic E-state index is 10.7. The quantitative estimate of drug-likeness (QED) is 0.650. The lowest BCUT2D eigenvalue weighted by molar-refractivity contribution is -0.153. The molecule has 0 amide bonds. The lowest BCUT2D eigenvalue weighted by Crippen LogP contribution is -2.27. The standard InChI is InChI=1S/C13H12O5/c14-9-6-5-7-3-1-2-4-8(7)10(9)11(15)12(16)13(17)18/h1-6,11-12,14-16H,(H,17,18). The van der Waals surface area contributed by atoms with Crippen LogP contribution in [0.25, 0.3) is 10.8 Å². The largest absolute Gasteiger partial charge is 0.508 e. The summed E-state index contributed by atoms with van der Waals surface area (Å²) in [6.07, 6.45) is -3.67. The van der Waals surface area contributed by atoms with Gasteiger partial charge in [-0.1, -0.05) is 30.3 Å². The van der Waals surface area contributed by atoms with Gasteiger partial charge in [-0.25, -0.2) is 4.79 Å². The maximum Gasteiger partial charge on any atom is 0.335 e. The number of phenols is 1. The SMILES string of the molecule is O=C(O)C(O)C(O)c1c(O)ccc2ccccc12. The summed E-state index contributed by atoms with van der Waals surface area (Å²) in [5.41, 5.74) is 0.0167. The third-order valence-electron chi connectivity index (χ3n) is 2.80. The maximum absolute atomic E-state index is 10.7. The Kier molecular flexibility index (Phi) is 3.18. The molecule has 0 saturated carbocycles. The Morgan fingerprint density at radius 3 is 2.39 bits per heavy atom. The highest BCUT2D eigenvalue weighted by molar-refractivity contribution is 5.89. The Hall–Kier alpha value is -2.11. The number of fused-ring (bicyclic) bond motifs is 1. The lowest BCUT2D eigenvalue weighted by Gasteiger charge is -2.17. The first-order valence-electron chi connectivity index (χ1n) is 5.32. The molecule has 0 aliphatic rings. The van der Waals surface area contributed by atoms with Crippen LogP contribution >= 0.6 is 0 Å². The summed E-state index contributed by atoms with van der Waals surface area (Å²) in [6.45, 7) is 0. The van der Waals surface area contributed by atoms with Crippen molar-refractivity contribution in [1.29, 1.82) is 0 Å². The Bertz CT molecular complexity index is 593. The Morgan fingerprint density at radius 1 is 1.06 bits per heavy atom. The number of carboxylic acids is 1. The molecule has 2 atom stereocenters. The average Bonchev–Trinajstić information content (AvgIpc) is 2.37. The molecule has 0 spiro atoms. The molecule has 18 heavy (non-hydrogen) atoms. The minimum Gasteiger partial charge on any atom is -0.508 e. The number of carbonyl (C=O) groups is 1. The molecule has 0 aromatic heterocycles. The molecule has 2 aromatic rings. The van der Waals surface area contributed by atoms with E-state index in [1.54, 1.807) is 30.3 Å². The molecule has 0 aliphatic heterocycles. The van der Waals surface area contributed by atoms with Gasteiger partial charge in [0.25, 0.3) is 0 Å². The van der Waals surface area contributed by atoms with E-state index in [1.165, 1.54) is 6.07 Å². The van der Waals surface area contributed by atoms with Crippen LogP contribution in [-0.2, 0) is 4.79 Å². The molecular formula is C13H12O5. The topological polar surface area (TPSA) is 98.0 Å². The van der Waals surface area contributed by atoms with Gasteiger partial charge in [0, 0.05) is 5.56 Å². The monoisotopic (exact) mass is 248 g/mol. The number of aliphatic hydroxyl groups excluding tert-OH is 2. The zero-order chi connectivity index (χ0) is 13.3. The van der Waals surface area contributed by atoms with Crippen LogP contribution in [0.3, 0.4) is 0 Å². The van der Waals surface area contributed by atoms with Crippen LogP contribution in [0, 0.1) is 0 Å². The highest BCUT2D eigenvalue weighted by Gasteiger charge is 2.28. The van der Waals surface area contributed by atoms with E-state index >= 15 is 0 Å². The predicted molar refractivity (Wildman–Crippen MR) is 64.2 cm³/mol. The van der Waals surface area contributed by atoms with Crippen molar-refractivity contribution in [1.82, 2.24) is 0 Å². The second-order valence-corrected chi connectivity index (χ2v) is 3.95. The fraction of sp³-hybridized carbons (Fsp3) is 0.154. The number of hydrogen-bond acceptors (Lipinski definition) is 4. The molecule has 4 N–H and O–H groups in total. The number of aliphatic carboxylic acids is 1. The van der Waals surface area contributed by atoms with E-state index in [9.17, 15) is 20.1 Å². The van der Waals surface area contributed by atoms with E-state index in [1.807, 2.05) is 0 Å².